The molecule has 0 aliphatic heterocycles. The Morgan fingerprint density at radius 2 is 1.79 bits per heavy atom. The highest BCUT2D eigenvalue weighted by molar-refractivity contribution is 5.92. The summed E-state index contributed by atoms with van der Waals surface area (Å²) in [5, 5.41) is 0. The van der Waals surface area contributed by atoms with Crippen LogP contribution >= 0.6 is 0 Å². The highest BCUT2D eigenvalue weighted by atomic mass is 14.9. The van der Waals surface area contributed by atoms with Crippen molar-refractivity contribution in [2.75, 3.05) is 5.73 Å². The number of imidazole rings is 2. The van der Waals surface area contributed by atoms with E-state index in [-0.39, 0.29) is 0 Å². The standard InChI is InChI=1S/C14H11N5/c15-9-3-1-8(2-4-9)14-18-12-5-10-11(17-7-16-10)6-13(12)19-14/h1-7H,15H2,(H,16,17)(H,18,19). The molecule has 2 heterocycles. The second-order valence-electron chi connectivity index (χ2n) is 4.50. The smallest absolute Gasteiger partial charge is 0.138 e. The van der Waals surface area contributed by atoms with Crippen LogP contribution in [-0.2, 0) is 0 Å². The third-order valence-electron chi connectivity index (χ3n) is 3.21. The van der Waals surface area contributed by atoms with Gasteiger partial charge in [0.15, 0.2) is 0 Å². The Bertz CT molecular complexity index is 822. The number of hydrogen-bond donors (Lipinski definition) is 3. The van der Waals surface area contributed by atoms with E-state index < -0.39 is 0 Å². The lowest BCUT2D eigenvalue weighted by atomic mass is 10.2. The number of nitrogens with one attached hydrogen (secondary N) is 2. The van der Waals surface area contributed by atoms with Crippen molar-refractivity contribution >= 4 is 27.8 Å². The van der Waals surface area contributed by atoms with Gasteiger partial charge in [0.05, 0.1) is 28.4 Å². The molecule has 0 saturated heterocycles. The van der Waals surface area contributed by atoms with E-state index in [0.717, 1.165) is 39.1 Å². The van der Waals surface area contributed by atoms with Crippen molar-refractivity contribution in [1.29, 1.82) is 0 Å². The van der Waals surface area contributed by atoms with Crippen LogP contribution in [0, 0.1) is 0 Å². The maximum absolute atomic E-state index is 5.69. The first-order valence-electron chi connectivity index (χ1n) is 5.98. The molecule has 5 heteroatoms. The molecule has 19 heavy (non-hydrogen) atoms. The van der Waals surface area contributed by atoms with E-state index in [1.54, 1.807) is 6.33 Å². The van der Waals surface area contributed by atoms with E-state index in [1.165, 1.54) is 0 Å². The molecule has 0 fully saturated rings. The van der Waals surface area contributed by atoms with Crippen molar-refractivity contribution in [3.8, 4) is 11.4 Å². The van der Waals surface area contributed by atoms with Crippen molar-refractivity contribution < 1.29 is 0 Å². The molecule has 5 nitrogen and oxygen atoms in total. The summed E-state index contributed by atoms with van der Waals surface area (Å²) in [4.78, 5) is 15.2. The van der Waals surface area contributed by atoms with Crippen molar-refractivity contribution in [1.82, 2.24) is 19.9 Å². The fourth-order valence-electron chi connectivity index (χ4n) is 2.22. The van der Waals surface area contributed by atoms with Gasteiger partial charge in [-0.25, -0.2) is 9.97 Å². The number of anilines is 1. The predicted molar refractivity (Wildman–Crippen MR) is 75.6 cm³/mol. The average molecular weight is 249 g/mol. The lowest BCUT2D eigenvalue weighted by Crippen LogP contribution is -1.84. The molecule has 0 bridgehead atoms. The second kappa shape index (κ2) is 3.58. The number of rotatable bonds is 1. The molecule has 2 aromatic carbocycles. The number of aromatic amines is 2. The summed E-state index contributed by atoms with van der Waals surface area (Å²) in [6.07, 6.45) is 1.68. The van der Waals surface area contributed by atoms with Crippen LogP contribution in [0.4, 0.5) is 5.69 Å². The van der Waals surface area contributed by atoms with Crippen molar-refractivity contribution in [2.45, 2.75) is 0 Å². The fraction of sp³-hybridized carbons (Fsp3) is 0. The Labute approximate surface area is 108 Å². The number of nitrogen functional groups attached to an aromatic ring is 1. The summed E-state index contributed by atoms with van der Waals surface area (Å²) in [6.45, 7) is 0. The molecular weight excluding hydrogens is 238 g/mol. The van der Waals surface area contributed by atoms with Gasteiger partial charge >= 0.3 is 0 Å². The van der Waals surface area contributed by atoms with Gasteiger partial charge in [-0.15, -0.1) is 0 Å². The van der Waals surface area contributed by atoms with E-state index in [0.29, 0.717) is 0 Å². The van der Waals surface area contributed by atoms with E-state index >= 15 is 0 Å². The van der Waals surface area contributed by atoms with Gasteiger partial charge in [-0.2, -0.15) is 0 Å². The molecule has 0 unspecified atom stereocenters. The Morgan fingerprint density at radius 1 is 0.947 bits per heavy atom. The van der Waals surface area contributed by atoms with Crippen LogP contribution in [0.25, 0.3) is 33.5 Å². The molecule has 0 spiro atoms. The predicted octanol–water partition coefficient (Wildman–Crippen LogP) is 2.69. The summed E-state index contributed by atoms with van der Waals surface area (Å²) < 4.78 is 0. The second-order valence-corrected chi connectivity index (χ2v) is 4.50. The van der Waals surface area contributed by atoms with Gasteiger partial charge in [0.25, 0.3) is 0 Å². The number of fused-ring (bicyclic) bond motifs is 2. The third-order valence-corrected chi connectivity index (χ3v) is 3.21. The summed E-state index contributed by atoms with van der Waals surface area (Å²) in [7, 11) is 0. The zero-order valence-corrected chi connectivity index (χ0v) is 10.0. The molecule has 0 aliphatic carbocycles. The molecule has 4 N–H and O–H groups in total. The lowest BCUT2D eigenvalue weighted by molar-refractivity contribution is 1.33. The van der Waals surface area contributed by atoms with Crippen LogP contribution in [0.15, 0.2) is 42.7 Å². The van der Waals surface area contributed by atoms with Gasteiger partial charge in [0.1, 0.15) is 5.82 Å². The highest BCUT2D eigenvalue weighted by Crippen LogP contribution is 2.24. The largest absolute Gasteiger partial charge is 0.399 e. The number of H-pyrrole nitrogens is 2. The van der Waals surface area contributed by atoms with E-state index in [2.05, 4.69) is 19.9 Å². The summed E-state index contributed by atoms with van der Waals surface area (Å²) in [6, 6.07) is 11.6. The number of nitrogens with zero attached hydrogens (tertiary/aromatic N) is 2. The minimum atomic E-state index is 0.748. The summed E-state index contributed by atoms with van der Waals surface area (Å²) in [5.74, 6) is 0.836. The number of benzene rings is 2. The number of nitrogens with two attached hydrogens (primary N) is 1. The zero-order valence-electron chi connectivity index (χ0n) is 10.0. The number of hydrogen-bond acceptors (Lipinski definition) is 3. The topological polar surface area (TPSA) is 83.4 Å². The molecule has 0 amide bonds. The van der Waals surface area contributed by atoms with Gasteiger partial charge in [0.2, 0.25) is 0 Å². The zero-order chi connectivity index (χ0) is 12.8. The molecule has 4 rings (SSSR count). The van der Waals surface area contributed by atoms with Crippen LogP contribution in [0.2, 0.25) is 0 Å². The minimum Gasteiger partial charge on any atom is -0.399 e. The molecule has 0 aliphatic rings. The van der Waals surface area contributed by atoms with Gasteiger partial charge in [-0.3, -0.25) is 0 Å². The van der Waals surface area contributed by atoms with E-state index in [9.17, 15) is 0 Å². The maximum Gasteiger partial charge on any atom is 0.138 e. The molecular formula is C14H11N5. The number of aromatic nitrogens is 4. The molecule has 0 saturated carbocycles. The average Bonchev–Trinajstić information content (AvgIpc) is 3.01. The minimum absolute atomic E-state index is 0.748. The quantitative estimate of drug-likeness (QED) is 0.453. The van der Waals surface area contributed by atoms with Gasteiger partial charge in [-0.1, -0.05) is 0 Å². The Balaban J connectivity index is 1.93. The van der Waals surface area contributed by atoms with Crippen molar-refractivity contribution in [2.24, 2.45) is 0 Å². The van der Waals surface area contributed by atoms with Crippen LogP contribution < -0.4 is 5.73 Å². The van der Waals surface area contributed by atoms with Crippen LogP contribution in [0.1, 0.15) is 0 Å². The van der Waals surface area contributed by atoms with Crippen molar-refractivity contribution in [3.63, 3.8) is 0 Å². The fourth-order valence-corrected chi connectivity index (χ4v) is 2.22. The van der Waals surface area contributed by atoms with Crippen LogP contribution in [-0.4, -0.2) is 19.9 Å². The van der Waals surface area contributed by atoms with E-state index in [4.69, 9.17) is 5.73 Å². The first-order chi connectivity index (χ1) is 9.29. The lowest BCUT2D eigenvalue weighted by Gasteiger charge is -1.96. The molecule has 92 valence electrons. The van der Waals surface area contributed by atoms with E-state index in [1.807, 2.05) is 36.4 Å². The van der Waals surface area contributed by atoms with Gasteiger partial charge in [-0.05, 0) is 36.4 Å². The molecule has 0 atom stereocenters. The highest BCUT2D eigenvalue weighted by Gasteiger charge is 2.07. The van der Waals surface area contributed by atoms with Crippen LogP contribution in [0.3, 0.4) is 0 Å². The van der Waals surface area contributed by atoms with Gasteiger partial charge in [0, 0.05) is 11.3 Å². The van der Waals surface area contributed by atoms with Crippen LogP contribution in [0.5, 0.6) is 0 Å². The Hall–Kier alpha value is -2.82. The third kappa shape index (κ3) is 1.55. The monoisotopic (exact) mass is 249 g/mol. The molecule has 2 aromatic heterocycles. The maximum atomic E-state index is 5.69. The Morgan fingerprint density at radius 3 is 2.63 bits per heavy atom. The molecule has 0 radical (unpaired) electrons. The van der Waals surface area contributed by atoms with Crippen molar-refractivity contribution in [3.05, 3.63) is 42.7 Å². The SMILES string of the molecule is Nc1ccc(-c2nc3cc4nc[nH]c4cc3[nH]2)cc1. The summed E-state index contributed by atoms with van der Waals surface area (Å²) >= 11 is 0. The normalized spacial score (nSPS) is 11.4. The summed E-state index contributed by atoms with van der Waals surface area (Å²) in [5.41, 5.74) is 11.3. The molecule has 4 aromatic rings. The first kappa shape index (κ1) is 10.1. The van der Waals surface area contributed by atoms with Gasteiger partial charge < -0.3 is 15.7 Å². The first-order valence-corrected chi connectivity index (χ1v) is 5.98. The Kier molecular flexibility index (Phi) is 1.91.